The molecule has 0 radical (unpaired) electrons. The van der Waals surface area contributed by atoms with E-state index in [1.165, 1.54) is 6.07 Å². The number of carbonyl (C=O) groups is 2. The molecule has 5 nitrogen and oxygen atoms in total. The van der Waals surface area contributed by atoms with Gasteiger partial charge in [0, 0.05) is 0 Å². The van der Waals surface area contributed by atoms with E-state index >= 15 is 0 Å². The molecule has 0 aliphatic heterocycles. The first kappa shape index (κ1) is 17.5. The van der Waals surface area contributed by atoms with Crippen LogP contribution in [0, 0.1) is 0 Å². The molecular formula is C19H20O5. The van der Waals surface area contributed by atoms with Gasteiger partial charge in [0.25, 0.3) is 0 Å². The molecule has 0 spiro atoms. The third-order valence-electron chi connectivity index (χ3n) is 3.35. The predicted molar refractivity (Wildman–Crippen MR) is 90.7 cm³/mol. The summed E-state index contributed by atoms with van der Waals surface area (Å²) in [5, 5.41) is 0. The lowest BCUT2D eigenvalue weighted by Crippen LogP contribution is -2.05. The molecule has 24 heavy (non-hydrogen) atoms. The molecule has 0 aromatic heterocycles. The Morgan fingerprint density at radius 2 is 1.46 bits per heavy atom. The Morgan fingerprint density at radius 1 is 0.958 bits per heavy atom. The van der Waals surface area contributed by atoms with Gasteiger partial charge in [-0.15, -0.1) is 0 Å². The molecule has 0 unspecified atom stereocenters. The average molecular weight is 328 g/mol. The van der Waals surface area contributed by atoms with Crippen LogP contribution in [0.5, 0.6) is 5.75 Å². The lowest BCUT2D eigenvalue weighted by Gasteiger charge is -2.02. The van der Waals surface area contributed by atoms with Crippen molar-refractivity contribution in [1.29, 1.82) is 0 Å². The second kappa shape index (κ2) is 8.15. The summed E-state index contributed by atoms with van der Waals surface area (Å²) in [5.41, 5.74) is 1.90. The van der Waals surface area contributed by atoms with Crippen LogP contribution >= 0.6 is 0 Å². The summed E-state index contributed by atoms with van der Waals surface area (Å²) in [6.45, 7) is 7.95. The summed E-state index contributed by atoms with van der Waals surface area (Å²) in [4.78, 5) is 24.4. The highest BCUT2D eigenvalue weighted by Crippen LogP contribution is 2.34. The Bertz CT molecular complexity index is 667. The Kier molecular flexibility index (Phi) is 5.95. The molecular weight excluding hydrogens is 308 g/mol. The normalized spacial score (nSPS) is 10.2. The molecule has 5 heteroatoms. The van der Waals surface area contributed by atoms with Crippen LogP contribution in [0.25, 0.3) is 11.1 Å². The molecule has 2 aliphatic carbocycles. The lowest BCUT2D eigenvalue weighted by atomic mass is 10.1. The summed E-state index contributed by atoms with van der Waals surface area (Å²) >= 11 is 0. The van der Waals surface area contributed by atoms with Crippen molar-refractivity contribution in [2.75, 3.05) is 19.8 Å². The molecule has 0 N–H and O–H groups in total. The first-order valence-corrected chi connectivity index (χ1v) is 7.77. The van der Waals surface area contributed by atoms with Crippen molar-refractivity contribution in [2.45, 2.75) is 13.8 Å². The smallest absolute Gasteiger partial charge is 0.338 e. The van der Waals surface area contributed by atoms with Crippen molar-refractivity contribution in [3.8, 4) is 16.9 Å². The molecule has 126 valence electrons. The minimum Gasteiger partial charge on any atom is -0.490 e. The van der Waals surface area contributed by atoms with Crippen LogP contribution < -0.4 is 4.74 Å². The maximum Gasteiger partial charge on any atom is 0.338 e. The fourth-order valence-electron chi connectivity index (χ4n) is 2.34. The van der Waals surface area contributed by atoms with Crippen molar-refractivity contribution in [1.82, 2.24) is 0 Å². The van der Waals surface area contributed by atoms with Crippen molar-refractivity contribution in [2.24, 2.45) is 0 Å². The number of carbonyl (C=O) groups excluding carboxylic acids is 2. The van der Waals surface area contributed by atoms with Crippen LogP contribution in [0.1, 0.15) is 34.6 Å². The van der Waals surface area contributed by atoms with Gasteiger partial charge in [0.2, 0.25) is 0 Å². The van der Waals surface area contributed by atoms with Crippen LogP contribution in [-0.2, 0) is 9.47 Å². The van der Waals surface area contributed by atoms with Crippen LogP contribution in [-0.4, -0.2) is 31.8 Å². The van der Waals surface area contributed by atoms with Gasteiger partial charge in [-0.3, -0.25) is 0 Å². The van der Waals surface area contributed by atoms with Gasteiger partial charge >= 0.3 is 11.9 Å². The zero-order valence-electron chi connectivity index (χ0n) is 13.8. The summed E-state index contributed by atoms with van der Waals surface area (Å²) in [6.07, 6.45) is 1.64. The third kappa shape index (κ3) is 3.74. The quantitative estimate of drug-likeness (QED) is 0.573. The summed E-state index contributed by atoms with van der Waals surface area (Å²) in [7, 11) is 0. The highest BCUT2D eigenvalue weighted by molar-refractivity contribution is 6.08. The van der Waals surface area contributed by atoms with Crippen molar-refractivity contribution < 1.29 is 23.8 Å². The SMILES string of the molecule is C=CCOc1ccc2c(C(=O)OCC)cc(C(=O)OCC)c-2cc1. The fourth-order valence-corrected chi connectivity index (χ4v) is 2.34. The first-order valence-electron chi connectivity index (χ1n) is 7.77. The summed E-state index contributed by atoms with van der Waals surface area (Å²) in [5.74, 6) is -0.341. The zero-order chi connectivity index (χ0) is 17.5. The molecule has 0 bridgehead atoms. The Morgan fingerprint density at radius 3 is 1.88 bits per heavy atom. The number of rotatable bonds is 7. The maximum absolute atomic E-state index is 12.2. The minimum absolute atomic E-state index is 0.257. The lowest BCUT2D eigenvalue weighted by molar-refractivity contribution is 0.0525. The van der Waals surface area contributed by atoms with Crippen LogP contribution in [0.2, 0.25) is 0 Å². The van der Waals surface area contributed by atoms with E-state index in [1.807, 2.05) is 0 Å². The molecule has 2 aliphatic rings. The van der Waals surface area contributed by atoms with Gasteiger partial charge in [0.1, 0.15) is 12.4 Å². The van der Waals surface area contributed by atoms with Gasteiger partial charge in [-0.1, -0.05) is 12.7 Å². The molecule has 2 rings (SSSR count). The van der Waals surface area contributed by atoms with Gasteiger partial charge in [-0.25, -0.2) is 9.59 Å². The standard InChI is InChI=1S/C19H20O5/c1-4-11-24-13-7-9-14-15(10-8-13)17(19(21)23-6-3)12-16(14)18(20)22-5-2/h4,7-10,12H,1,5-6,11H2,2-3H3. The van der Waals surface area contributed by atoms with Gasteiger partial charge in [0.15, 0.2) is 0 Å². The monoisotopic (exact) mass is 328 g/mol. The molecule has 0 saturated heterocycles. The van der Waals surface area contributed by atoms with E-state index in [2.05, 4.69) is 6.58 Å². The second-order valence-electron chi connectivity index (χ2n) is 4.91. The van der Waals surface area contributed by atoms with E-state index in [1.54, 1.807) is 44.2 Å². The minimum atomic E-state index is -0.474. The van der Waals surface area contributed by atoms with Gasteiger partial charge in [-0.2, -0.15) is 0 Å². The highest BCUT2D eigenvalue weighted by Gasteiger charge is 2.25. The highest BCUT2D eigenvalue weighted by atomic mass is 16.5. The average Bonchev–Trinajstić information content (AvgIpc) is 2.81. The molecule has 0 aromatic carbocycles. The molecule has 0 atom stereocenters. The predicted octanol–water partition coefficient (Wildman–Crippen LogP) is 3.71. The zero-order valence-corrected chi connectivity index (χ0v) is 13.8. The van der Waals surface area contributed by atoms with E-state index in [0.717, 1.165) is 0 Å². The Balaban J connectivity index is 2.54. The number of hydrogen-bond donors (Lipinski definition) is 0. The number of fused-ring (bicyclic) bond motifs is 1. The number of hydrogen-bond acceptors (Lipinski definition) is 5. The van der Waals surface area contributed by atoms with E-state index in [9.17, 15) is 9.59 Å². The van der Waals surface area contributed by atoms with E-state index in [-0.39, 0.29) is 13.2 Å². The first-order chi connectivity index (χ1) is 11.6. The van der Waals surface area contributed by atoms with Crippen LogP contribution in [0.4, 0.5) is 0 Å². The van der Waals surface area contributed by atoms with Crippen molar-refractivity contribution in [3.63, 3.8) is 0 Å². The molecule has 0 fully saturated rings. The van der Waals surface area contributed by atoms with E-state index < -0.39 is 11.9 Å². The third-order valence-corrected chi connectivity index (χ3v) is 3.35. The Labute approximate surface area is 141 Å². The molecule has 0 aromatic rings. The fraction of sp³-hybridized carbons (Fsp3) is 0.263. The van der Waals surface area contributed by atoms with Gasteiger partial charge < -0.3 is 14.2 Å². The molecule has 0 heterocycles. The number of ether oxygens (including phenoxy) is 3. The molecule has 0 amide bonds. The Hall–Kier alpha value is -2.82. The van der Waals surface area contributed by atoms with E-state index in [4.69, 9.17) is 14.2 Å². The maximum atomic E-state index is 12.2. The van der Waals surface area contributed by atoms with E-state index in [0.29, 0.717) is 34.6 Å². The summed E-state index contributed by atoms with van der Waals surface area (Å²) in [6, 6.07) is 8.48. The number of esters is 2. The van der Waals surface area contributed by atoms with Gasteiger partial charge in [-0.05, 0) is 55.3 Å². The summed E-state index contributed by atoms with van der Waals surface area (Å²) < 4.78 is 15.7. The largest absolute Gasteiger partial charge is 0.490 e. The van der Waals surface area contributed by atoms with Crippen molar-refractivity contribution >= 4 is 11.9 Å². The second-order valence-corrected chi connectivity index (χ2v) is 4.91. The van der Waals surface area contributed by atoms with Crippen LogP contribution in [0.3, 0.4) is 0 Å². The van der Waals surface area contributed by atoms with Crippen molar-refractivity contribution in [3.05, 3.63) is 54.1 Å². The topological polar surface area (TPSA) is 61.8 Å². The molecule has 0 saturated carbocycles. The van der Waals surface area contributed by atoms with Gasteiger partial charge in [0.05, 0.1) is 24.3 Å². The van der Waals surface area contributed by atoms with Crippen LogP contribution in [0.15, 0.2) is 43.0 Å².